The Morgan fingerprint density at radius 1 is 0.600 bits per heavy atom. The number of benzene rings is 2. The SMILES string of the molecule is O=C1CCc2cc(-c3ccc4c(c3)CCC4=O)ccc21. The van der Waals surface area contributed by atoms with Crippen molar-refractivity contribution in [2.45, 2.75) is 25.7 Å². The molecule has 0 saturated heterocycles. The number of hydrogen-bond acceptors (Lipinski definition) is 2. The first kappa shape index (κ1) is 11.6. The normalized spacial score (nSPS) is 16.4. The van der Waals surface area contributed by atoms with Gasteiger partial charge in [0.2, 0.25) is 0 Å². The van der Waals surface area contributed by atoms with Crippen molar-refractivity contribution in [1.29, 1.82) is 0 Å². The molecule has 2 aliphatic rings. The molecule has 98 valence electrons. The quantitative estimate of drug-likeness (QED) is 0.786. The molecule has 0 bridgehead atoms. The Bertz CT molecular complexity index is 691. The first-order valence-corrected chi connectivity index (χ1v) is 7.05. The molecule has 20 heavy (non-hydrogen) atoms. The Morgan fingerprint density at radius 2 is 1.05 bits per heavy atom. The molecule has 4 rings (SSSR count). The van der Waals surface area contributed by atoms with E-state index in [0.717, 1.165) is 46.2 Å². The number of ketones is 2. The van der Waals surface area contributed by atoms with Crippen molar-refractivity contribution in [3.8, 4) is 11.1 Å². The summed E-state index contributed by atoms with van der Waals surface area (Å²) in [5, 5.41) is 0. The molecule has 2 aromatic carbocycles. The smallest absolute Gasteiger partial charge is 0.163 e. The monoisotopic (exact) mass is 262 g/mol. The van der Waals surface area contributed by atoms with Crippen molar-refractivity contribution in [2.75, 3.05) is 0 Å². The van der Waals surface area contributed by atoms with E-state index in [9.17, 15) is 9.59 Å². The Kier molecular flexibility index (Phi) is 2.40. The van der Waals surface area contributed by atoms with Gasteiger partial charge in [0.1, 0.15) is 0 Å². The summed E-state index contributed by atoms with van der Waals surface area (Å²) in [6.07, 6.45) is 2.98. The molecule has 0 aromatic heterocycles. The van der Waals surface area contributed by atoms with Crippen molar-refractivity contribution in [1.82, 2.24) is 0 Å². The molecule has 0 heterocycles. The average Bonchev–Trinajstić information content (AvgIpc) is 3.03. The molecule has 0 N–H and O–H groups in total. The summed E-state index contributed by atoms with van der Waals surface area (Å²) in [6, 6.07) is 12.2. The van der Waals surface area contributed by atoms with Crippen molar-refractivity contribution in [3.05, 3.63) is 58.7 Å². The second-order valence-corrected chi connectivity index (χ2v) is 5.59. The molecule has 0 saturated carbocycles. The van der Waals surface area contributed by atoms with Gasteiger partial charge in [-0.3, -0.25) is 9.59 Å². The zero-order valence-corrected chi connectivity index (χ0v) is 11.1. The minimum atomic E-state index is 0.256. The first-order chi connectivity index (χ1) is 9.72. The predicted octanol–water partition coefficient (Wildman–Crippen LogP) is 3.61. The lowest BCUT2D eigenvalue weighted by atomic mass is 9.97. The summed E-state index contributed by atoms with van der Waals surface area (Å²) in [7, 11) is 0. The molecule has 2 aliphatic carbocycles. The second kappa shape index (κ2) is 4.14. The van der Waals surface area contributed by atoms with Crippen molar-refractivity contribution < 1.29 is 9.59 Å². The third kappa shape index (κ3) is 1.64. The highest BCUT2D eigenvalue weighted by Crippen LogP contribution is 2.31. The fourth-order valence-corrected chi connectivity index (χ4v) is 3.27. The highest BCUT2D eigenvalue weighted by atomic mass is 16.1. The summed E-state index contributed by atoms with van der Waals surface area (Å²) in [5.74, 6) is 0.511. The maximum atomic E-state index is 11.7. The van der Waals surface area contributed by atoms with E-state index in [-0.39, 0.29) is 11.6 Å². The highest BCUT2D eigenvalue weighted by Gasteiger charge is 2.21. The van der Waals surface area contributed by atoms with Gasteiger partial charge in [-0.2, -0.15) is 0 Å². The van der Waals surface area contributed by atoms with Gasteiger partial charge in [-0.25, -0.2) is 0 Å². The fourth-order valence-electron chi connectivity index (χ4n) is 3.27. The molecule has 0 amide bonds. The van der Waals surface area contributed by atoms with Gasteiger partial charge >= 0.3 is 0 Å². The Balaban J connectivity index is 1.79. The van der Waals surface area contributed by atoms with Gasteiger partial charge in [0.15, 0.2) is 11.6 Å². The van der Waals surface area contributed by atoms with Crippen LogP contribution in [0.15, 0.2) is 36.4 Å². The molecule has 0 atom stereocenters. The molecule has 2 heteroatoms. The molecule has 0 unspecified atom stereocenters. The van der Waals surface area contributed by atoms with Gasteiger partial charge < -0.3 is 0 Å². The van der Waals surface area contributed by atoms with Crippen LogP contribution in [0.2, 0.25) is 0 Å². The number of aryl methyl sites for hydroxylation is 2. The van der Waals surface area contributed by atoms with Crippen LogP contribution in [0.1, 0.15) is 44.7 Å². The summed E-state index contributed by atoms with van der Waals surface area (Å²) < 4.78 is 0. The van der Waals surface area contributed by atoms with Gasteiger partial charge in [0.05, 0.1) is 0 Å². The minimum absolute atomic E-state index is 0.256. The maximum Gasteiger partial charge on any atom is 0.163 e. The van der Waals surface area contributed by atoms with Crippen LogP contribution in [0.25, 0.3) is 11.1 Å². The van der Waals surface area contributed by atoms with Crippen LogP contribution in [0.5, 0.6) is 0 Å². The Labute approximate surface area is 117 Å². The number of rotatable bonds is 1. The van der Waals surface area contributed by atoms with Crippen LogP contribution < -0.4 is 0 Å². The lowest BCUT2D eigenvalue weighted by Crippen LogP contribution is -1.92. The number of carbonyl (C=O) groups is 2. The van der Waals surface area contributed by atoms with Crippen LogP contribution in [0.3, 0.4) is 0 Å². The molecule has 2 aromatic rings. The largest absolute Gasteiger partial charge is 0.294 e. The van der Waals surface area contributed by atoms with Crippen LogP contribution in [-0.4, -0.2) is 11.6 Å². The van der Waals surface area contributed by atoms with E-state index >= 15 is 0 Å². The number of fused-ring (bicyclic) bond motifs is 2. The highest BCUT2D eigenvalue weighted by molar-refractivity contribution is 6.02. The van der Waals surface area contributed by atoms with Crippen LogP contribution in [0, 0.1) is 0 Å². The van der Waals surface area contributed by atoms with Crippen molar-refractivity contribution in [3.63, 3.8) is 0 Å². The second-order valence-electron chi connectivity index (χ2n) is 5.59. The fraction of sp³-hybridized carbons (Fsp3) is 0.222. The third-order valence-corrected chi connectivity index (χ3v) is 4.39. The van der Waals surface area contributed by atoms with Gasteiger partial charge in [0, 0.05) is 24.0 Å². The summed E-state index contributed by atoms with van der Waals surface area (Å²) in [6.45, 7) is 0. The molecule has 0 spiro atoms. The minimum Gasteiger partial charge on any atom is -0.294 e. The van der Waals surface area contributed by atoms with E-state index in [0.29, 0.717) is 12.8 Å². The number of hydrogen-bond donors (Lipinski definition) is 0. The van der Waals surface area contributed by atoms with Crippen molar-refractivity contribution in [2.24, 2.45) is 0 Å². The van der Waals surface area contributed by atoms with E-state index < -0.39 is 0 Å². The van der Waals surface area contributed by atoms with Crippen molar-refractivity contribution >= 4 is 11.6 Å². The summed E-state index contributed by atoms with van der Waals surface area (Å²) in [5.41, 5.74) is 6.35. The van der Waals surface area contributed by atoms with Crippen LogP contribution in [-0.2, 0) is 12.8 Å². The average molecular weight is 262 g/mol. The van der Waals surface area contributed by atoms with Gasteiger partial charge in [-0.15, -0.1) is 0 Å². The lowest BCUT2D eigenvalue weighted by molar-refractivity contribution is 0.0986. The third-order valence-electron chi connectivity index (χ3n) is 4.39. The predicted molar refractivity (Wildman–Crippen MR) is 77.2 cm³/mol. The van der Waals surface area contributed by atoms with Gasteiger partial charge in [-0.05, 0) is 35.1 Å². The van der Waals surface area contributed by atoms with E-state index in [1.54, 1.807) is 0 Å². The zero-order valence-electron chi connectivity index (χ0n) is 11.1. The molecule has 0 fully saturated rings. The molecule has 2 nitrogen and oxygen atoms in total. The summed E-state index contributed by atoms with van der Waals surface area (Å²) in [4.78, 5) is 23.3. The Hall–Kier alpha value is -2.22. The first-order valence-electron chi connectivity index (χ1n) is 7.05. The van der Waals surface area contributed by atoms with E-state index in [1.165, 1.54) is 0 Å². The molecular weight excluding hydrogens is 248 g/mol. The standard InChI is InChI=1S/C18H14O2/c19-17-7-3-13-9-11(1-5-15(13)17)12-2-6-16-14(10-12)4-8-18(16)20/h1-2,5-6,9-10H,3-4,7-8H2. The molecular formula is C18H14O2. The summed E-state index contributed by atoms with van der Waals surface area (Å²) >= 11 is 0. The number of Topliss-reactive ketones (excluding diaryl/α,β-unsaturated/α-hetero) is 2. The van der Waals surface area contributed by atoms with Crippen LogP contribution in [0.4, 0.5) is 0 Å². The topological polar surface area (TPSA) is 34.1 Å². The van der Waals surface area contributed by atoms with E-state index in [2.05, 4.69) is 12.1 Å². The maximum absolute atomic E-state index is 11.7. The van der Waals surface area contributed by atoms with Gasteiger partial charge in [-0.1, -0.05) is 36.4 Å². The molecule has 0 radical (unpaired) electrons. The van der Waals surface area contributed by atoms with Crippen LogP contribution >= 0.6 is 0 Å². The zero-order chi connectivity index (χ0) is 13.7. The van der Waals surface area contributed by atoms with E-state index in [1.807, 2.05) is 24.3 Å². The molecule has 0 aliphatic heterocycles. The van der Waals surface area contributed by atoms with E-state index in [4.69, 9.17) is 0 Å². The van der Waals surface area contributed by atoms with Gasteiger partial charge in [0.25, 0.3) is 0 Å². The Morgan fingerprint density at radius 3 is 1.50 bits per heavy atom. The lowest BCUT2D eigenvalue weighted by Gasteiger charge is -2.07. The number of carbonyl (C=O) groups excluding carboxylic acids is 2.